The molecule has 0 aliphatic rings. The first kappa shape index (κ1) is 12.9. The summed E-state index contributed by atoms with van der Waals surface area (Å²) < 4.78 is 5.05. The van der Waals surface area contributed by atoms with Gasteiger partial charge in [-0.2, -0.15) is 0 Å². The molecule has 0 spiro atoms. The van der Waals surface area contributed by atoms with Gasteiger partial charge in [0.15, 0.2) is 0 Å². The Labute approximate surface area is 82.5 Å². The largest absolute Gasteiger partial charge is 0.338 e. The van der Waals surface area contributed by atoms with Crippen LogP contribution < -0.4 is 0 Å². The van der Waals surface area contributed by atoms with Gasteiger partial charge in [-0.05, 0) is 19.6 Å². The van der Waals surface area contributed by atoms with Crippen LogP contribution in [0.5, 0.6) is 0 Å². The molecule has 0 heterocycles. The Balaban J connectivity index is 3.78. The Morgan fingerprint density at radius 1 is 1.08 bits per heavy atom. The van der Waals surface area contributed by atoms with Crippen LogP contribution >= 0.6 is 0 Å². The number of hydrogen-bond acceptors (Lipinski definition) is 3. The SMILES string of the molecule is C[Si](C)(C)CC(=O)OO[Si](C)(C)C. The molecule has 13 heavy (non-hydrogen) atoms. The lowest BCUT2D eigenvalue weighted by Crippen LogP contribution is -2.30. The molecule has 5 heteroatoms. The van der Waals surface area contributed by atoms with Crippen molar-refractivity contribution in [3.63, 3.8) is 0 Å². The predicted octanol–water partition coefficient (Wildman–Crippen LogP) is 2.63. The molecule has 0 atom stereocenters. The molecule has 0 aromatic rings. The first-order valence-electron chi connectivity index (χ1n) is 4.49. The van der Waals surface area contributed by atoms with Crippen LogP contribution in [0.4, 0.5) is 0 Å². The molecule has 0 aliphatic heterocycles. The summed E-state index contributed by atoms with van der Waals surface area (Å²) in [5.41, 5.74) is 0. The minimum Gasteiger partial charge on any atom is -0.310 e. The van der Waals surface area contributed by atoms with Crippen LogP contribution in [0.3, 0.4) is 0 Å². The zero-order valence-electron chi connectivity index (χ0n) is 9.43. The van der Waals surface area contributed by atoms with Crippen molar-refractivity contribution in [2.75, 3.05) is 0 Å². The summed E-state index contributed by atoms with van der Waals surface area (Å²) in [7, 11) is -3.08. The minimum absolute atomic E-state index is 0.221. The van der Waals surface area contributed by atoms with Gasteiger partial charge in [0.05, 0.1) is 8.07 Å². The average Bonchev–Trinajstić information content (AvgIpc) is 1.78. The fraction of sp³-hybridized carbons (Fsp3) is 0.875. The Morgan fingerprint density at radius 2 is 1.54 bits per heavy atom. The normalized spacial score (nSPS) is 12.8. The molecule has 78 valence electrons. The lowest BCUT2D eigenvalue weighted by Gasteiger charge is -2.17. The van der Waals surface area contributed by atoms with Crippen molar-refractivity contribution >= 4 is 22.4 Å². The molecule has 0 unspecified atom stereocenters. The van der Waals surface area contributed by atoms with Gasteiger partial charge in [-0.3, -0.25) is 0 Å². The third-order valence-corrected chi connectivity index (χ3v) is 2.99. The fourth-order valence-electron chi connectivity index (χ4n) is 0.634. The average molecular weight is 220 g/mol. The van der Waals surface area contributed by atoms with Gasteiger partial charge in [0.25, 0.3) is 0 Å². The van der Waals surface area contributed by atoms with Gasteiger partial charge < -0.3 is 4.89 Å². The topological polar surface area (TPSA) is 35.5 Å². The van der Waals surface area contributed by atoms with E-state index in [1.165, 1.54) is 0 Å². The maximum absolute atomic E-state index is 11.2. The quantitative estimate of drug-likeness (QED) is 0.415. The molecule has 0 aliphatic carbocycles. The number of carbonyl (C=O) groups excluding carboxylic acids is 1. The highest BCUT2D eigenvalue weighted by molar-refractivity contribution is 6.78. The highest BCUT2D eigenvalue weighted by Gasteiger charge is 2.23. The second-order valence-electron chi connectivity index (χ2n) is 5.39. The molecule has 0 saturated carbocycles. The maximum atomic E-state index is 11.2. The van der Waals surface area contributed by atoms with Crippen molar-refractivity contribution in [1.29, 1.82) is 0 Å². The number of rotatable bonds is 4. The fourth-order valence-corrected chi connectivity index (χ4v) is 1.90. The van der Waals surface area contributed by atoms with Crippen molar-refractivity contribution in [1.82, 2.24) is 0 Å². The predicted molar refractivity (Wildman–Crippen MR) is 58.7 cm³/mol. The van der Waals surface area contributed by atoms with E-state index in [0.29, 0.717) is 6.04 Å². The lowest BCUT2D eigenvalue weighted by atomic mass is 10.8. The van der Waals surface area contributed by atoms with Gasteiger partial charge in [0.2, 0.25) is 8.32 Å². The van der Waals surface area contributed by atoms with Crippen molar-refractivity contribution in [2.24, 2.45) is 0 Å². The van der Waals surface area contributed by atoms with Gasteiger partial charge in [0, 0.05) is 6.04 Å². The molecule has 0 saturated heterocycles. The van der Waals surface area contributed by atoms with Crippen LogP contribution in [0.2, 0.25) is 45.3 Å². The Bertz CT molecular complexity index is 179. The van der Waals surface area contributed by atoms with Gasteiger partial charge >= 0.3 is 5.97 Å². The minimum atomic E-state index is -1.72. The molecule has 0 fully saturated rings. The first-order valence-corrected chi connectivity index (χ1v) is 11.6. The molecule has 0 N–H and O–H groups in total. The zero-order chi connectivity index (χ0) is 10.7. The van der Waals surface area contributed by atoms with Crippen molar-refractivity contribution in [3.05, 3.63) is 0 Å². The summed E-state index contributed by atoms with van der Waals surface area (Å²) in [4.78, 5) is 16.0. The smallest absolute Gasteiger partial charge is 0.310 e. The van der Waals surface area contributed by atoms with Gasteiger partial charge in [-0.1, -0.05) is 19.6 Å². The number of hydrogen-bond donors (Lipinski definition) is 0. The van der Waals surface area contributed by atoms with Gasteiger partial charge in [-0.15, -0.1) is 0 Å². The van der Waals surface area contributed by atoms with Gasteiger partial charge in [0.1, 0.15) is 0 Å². The van der Waals surface area contributed by atoms with Crippen LogP contribution in [0, 0.1) is 0 Å². The third-order valence-electron chi connectivity index (χ3n) is 1.06. The third kappa shape index (κ3) is 9.78. The van der Waals surface area contributed by atoms with Crippen LogP contribution in [0.25, 0.3) is 0 Å². The van der Waals surface area contributed by atoms with E-state index in [4.69, 9.17) is 9.46 Å². The monoisotopic (exact) mass is 220 g/mol. The Hall–Kier alpha value is -0.136. The summed E-state index contributed by atoms with van der Waals surface area (Å²) in [6.07, 6.45) is 0. The zero-order valence-corrected chi connectivity index (χ0v) is 11.4. The molecule has 0 bridgehead atoms. The molecule has 0 aromatic heterocycles. The van der Waals surface area contributed by atoms with E-state index >= 15 is 0 Å². The summed E-state index contributed by atoms with van der Waals surface area (Å²) in [5.74, 6) is -0.221. The number of carbonyl (C=O) groups is 1. The standard InChI is InChI=1S/C8H20O3Si2/c1-12(2,3)7-8(9)10-11-13(4,5)6/h7H2,1-6H3. The second kappa shape index (κ2) is 4.39. The van der Waals surface area contributed by atoms with Crippen molar-refractivity contribution < 1.29 is 14.3 Å². The van der Waals surface area contributed by atoms with Crippen LogP contribution in [-0.2, 0) is 14.3 Å². The van der Waals surface area contributed by atoms with Crippen LogP contribution in [-0.4, -0.2) is 22.4 Å². The van der Waals surface area contributed by atoms with Crippen molar-refractivity contribution in [2.45, 2.75) is 45.3 Å². The van der Waals surface area contributed by atoms with E-state index in [2.05, 4.69) is 19.6 Å². The Morgan fingerprint density at radius 3 is 1.85 bits per heavy atom. The summed E-state index contributed by atoms with van der Waals surface area (Å²) >= 11 is 0. The highest BCUT2D eigenvalue weighted by Crippen LogP contribution is 2.11. The van der Waals surface area contributed by atoms with E-state index in [0.717, 1.165) is 0 Å². The summed E-state index contributed by atoms with van der Waals surface area (Å²) in [5, 5.41) is 0. The summed E-state index contributed by atoms with van der Waals surface area (Å²) in [6, 6.07) is 0.525. The molecule has 0 aromatic carbocycles. The molecule has 0 rings (SSSR count). The van der Waals surface area contributed by atoms with E-state index in [1.807, 2.05) is 19.6 Å². The molecule has 3 nitrogen and oxygen atoms in total. The second-order valence-corrected chi connectivity index (χ2v) is 15.3. The summed E-state index contributed by atoms with van der Waals surface area (Å²) in [6.45, 7) is 12.3. The van der Waals surface area contributed by atoms with Crippen molar-refractivity contribution in [3.8, 4) is 0 Å². The maximum Gasteiger partial charge on any atom is 0.338 e. The van der Waals surface area contributed by atoms with Crippen LogP contribution in [0.15, 0.2) is 0 Å². The highest BCUT2D eigenvalue weighted by atomic mass is 28.4. The van der Waals surface area contributed by atoms with Gasteiger partial charge in [-0.25, -0.2) is 9.37 Å². The van der Waals surface area contributed by atoms with E-state index in [9.17, 15) is 4.79 Å². The Kier molecular flexibility index (Phi) is 4.34. The lowest BCUT2D eigenvalue weighted by molar-refractivity contribution is -0.216. The molecule has 0 amide bonds. The first-order chi connectivity index (χ1) is 5.60. The van der Waals surface area contributed by atoms with E-state index in [-0.39, 0.29) is 5.97 Å². The van der Waals surface area contributed by atoms with E-state index in [1.54, 1.807) is 0 Å². The molecular weight excluding hydrogens is 200 g/mol. The molecule has 0 radical (unpaired) electrons. The molecular formula is C8H20O3Si2. The van der Waals surface area contributed by atoms with Crippen LogP contribution in [0.1, 0.15) is 0 Å². The van der Waals surface area contributed by atoms with E-state index < -0.39 is 16.4 Å².